The Bertz CT molecular complexity index is 1120. The summed E-state index contributed by atoms with van der Waals surface area (Å²) < 4.78 is 46.6. The zero-order valence-corrected chi connectivity index (χ0v) is 19.2. The largest absolute Gasteiger partial charge is 0.497 e. The van der Waals surface area contributed by atoms with E-state index in [4.69, 9.17) is 4.74 Å². The highest BCUT2D eigenvalue weighted by Crippen LogP contribution is 2.31. The monoisotopic (exact) mass is 462 g/mol. The van der Waals surface area contributed by atoms with Crippen molar-refractivity contribution in [3.8, 4) is 5.75 Å². The number of unbranched alkanes of at least 4 members (excludes halogenated alkanes) is 1. The summed E-state index contributed by atoms with van der Waals surface area (Å²) in [5.74, 6) is 0.131. The Morgan fingerprint density at radius 1 is 1.24 bits per heavy atom. The molecule has 2 N–H and O–H groups in total. The van der Waals surface area contributed by atoms with Gasteiger partial charge in [-0.3, -0.25) is 4.79 Å². The lowest BCUT2D eigenvalue weighted by atomic mass is 9.99. The highest BCUT2D eigenvalue weighted by molar-refractivity contribution is 5.92. The number of benzene rings is 1. The minimum absolute atomic E-state index is 0.0663. The van der Waals surface area contributed by atoms with Gasteiger partial charge < -0.3 is 19.9 Å². The molecule has 0 saturated heterocycles. The third-order valence-electron chi connectivity index (χ3n) is 5.63. The molecule has 178 valence electrons. The fraction of sp³-hybridized carbons (Fsp3) is 0.417. The van der Waals surface area contributed by atoms with Crippen molar-refractivity contribution in [3.63, 3.8) is 0 Å². The number of pyridine rings is 1. The molecular weight excluding hydrogens is 433 g/mol. The smallest absolute Gasteiger partial charge is 0.433 e. The molecule has 6 nitrogen and oxygen atoms in total. The fourth-order valence-electron chi connectivity index (χ4n) is 3.68. The molecule has 33 heavy (non-hydrogen) atoms. The molecule has 3 aromatic rings. The standard InChI is InChI=1S/C24H29F3N4O2/c1-5-6-11-28-22-16(7-10-21(30-22)24(25,26)27)13-29-23(32)15(2)19-14-31(3)20-9-8-17(33-4)12-18(19)20/h7-10,12,14-15H,5-6,11,13H2,1-4H3,(H,28,30)(H,29,32). The molecule has 0 radical (unpaired) electrons. The van der Waals surface area contributed by atoms with E-state index in [-0.39, 0.29) is 18.3 Å². The number of fused-ring (bicyclic) bond motifs is 1. The summed E-state index contributed by atoms with van der Waals surface area (Å²) >= 11 is 0. The summed E-state index contributed by atoms with van der Waals surface area (Å²) in [7, 11) is 3.50. The Kier molecular flexibility index (Phi) is 7.50. The summed E-state index contributed by atoms with van der Waals surface area (Å²) in [6.45, 7) is 4.36. The highest BCUT2D eigenvalue weighted by Gasteiger charge is 2.33. The second kappa shape index (κ2) is 10.1. The number of nitrogens with one attached hydrogen (secondary N) is 2. The molecule has 9 heteroatoms. The van der Waals surface area contributed by atoms with Gasteiger partial charge in [-0.15, -0.1) is 0 Å². The number of nitrogens with zero attached hydrogens (tertiary/aromatic N) is 2. The minimum Gasteiger partial charge on any atom is -0.497 e. The average molecular weight is 463 g/mol. The quantitative estimate of drug-likeness (QED) is 0.427. The zero-order chi connectivity index (χ0) is 24.2. The van der Waals surface area contributed by atoms with E-state index in [9.17, 15) is 18.0 Å². The lowest BCUT2D eigenvalue weighted by Gasteiger charge is -2.16. The first-order valence-corrected chi connectivity index (χ1v) is 10.9. The summed E-state index contributed by atoms with van der Waals surface area (Å²) in [6, 6.07) is 7.99. The molecule has 2 heterocycles. The summed E-state index contributed by atoms with van der Waals surface area (Å²) in [5.41, 5.74) is 1.35. The SMILES string of the molecule is CCCCNc1nc(C(F)(F)F)ccc1CNC(=O)C(C)c1cn(C)c2ccc(OC)cc12. The number of halogens is 3. The molecule has 0 bridgehead atoms. The predicted octanol–water partition coefficient (Wildman–Crippen LogP) is 5.23. The maximum Gasteiger partial charge on any atom is 0.433 e. The number of carbonyl (C=O) groups excluding carboxylic acids is 1. The van der Waals surface area contributed by atoms with Crippen molar-refractivity contribution < 1.29 is 22.7 Å². The van der Waals surface area contributed by atoms with Crippen LogP contribution in [0.3, 0.4) is 0 Å². The highest BCUT2D eigenvalue weighted by atomic mass is 19.4. The van der Waals surface area contributed by atoms with Gasteiger partial charge in [0.2, 0.25) is 5.91 Å². The van der Waals surface area contributed by atoms with Crippen molar-refractivity contribution in [1.82, 2.24) is 14.9 Å². The van der Waals surface area contributed by atoms with Crippen LogP contribution in [0.2, 0.25) is 0 Å². The van der Waals surface area contributed by atoms with Crippen molar-refractivity contribution in [2.75, 3.05) is 19.0 Å². The lowest BCUT2D eigenvalue weighted by Crippen LogP contribution is -2.28. The number of aromatic nitrogens is 2. The van der Waals surface area contributed by atoms with Gasteiger partial charge in [0, 0.05) is 42.8 Å². The maximum absolute atomic E-state index is 13.1. The van der Waals surface area contributed by atoms with Gasteiger partial charge in [-0.1, -0.05) is 19.4 Å². The first-order chi connectivity index (χ1) is 15.7. The molecule has 2 aromatic heterocycles. The van der Waals surface area contributed by atoms with Gasteiger partial charge >= 0.3 is 6.18 Å². The molecule has 0 aliphatic carbocycles. The Morgan fingerprint density at radius 3 is 2.67 bits per heavy atom. The fourth-order valence-corrected chi connectivity index (χ4v) is 3.68. The van der Waals surface area contributed by atoms with Crippen LogP contribution < -0.4 is 15.4 Å². The number of carbonyl (C=O) groups is 1. The zero-order valence-electron chi connectivity index (χ0n) is 19.2. The van der Waals surface area contributed by atoms with Gasteiger partial charge in [-0.2, -0.15) is 13.2 Å². The molecule has 1 atom stereocenters. The second-order valence-electron chi connectivity index (χ2n) is 8.00. The Hall–Kier alpha value is -3.23. The van der Waals surface area contributed by atoms with Crippen LogP contribution in [-0.2, 0) is 24.6 Å². The molecule has 0 saturated carbocycles. The normalized spacial score (nSPS) is 12.6. The van der Waals surface area contributed by atoms with Gasteiger partial charge in [0.15, 0.2) is 0 Å². The summed E-state index contributed by atoms with van der Waals surface area (Å²) in [6.07, 6.45) is -0.935. The van der Waals surface area contributed by atoms with E-state index in [2.05, 4.69) is 15.6 Å². The first-order valence-electron chi connectivity index (χ1n) is 10.9. The molecule has 1 aromatic carbocycles. The average Bonchev–Trinajstić information content (AvgIpc) is 3.12. The van der Waals surface area contributed by atoms with Crippen LogP contribution in [0.1, 0.15) is 49.4 Å². The number of hydrogen-bond donors (Lipinski definition) is 2. The predicted molar refractivity (Wildman–Crippen MR) is 122 cm³/mol. The summed E-state index contributed by atoms with van der Waals surface area (Å²) in [4.78, 5) is 16.7. The van der Waals surface area contributed by atoms with Gasteiger partial charge in [0.1, 0.15) is 17.3 Å². The van der Waals surface area contributed by atoms with E-state index in [1.165, 1.54) is 6.07 Å². The van der Waals surface area contributed by atoms with Crippen LogP contribution in [0.15, 0.2) is 36.5 Å². The topological polar surface area (TPSA) is 68.2 Å². The molecule has 1 amide bonds. The third kappa shape index (κ3) is 5.58. The molecule has 0 fully saturated rings. The molecular formula is C24H29F3N4O2. The van der Waals surface area contributed by atoms with Crippen LogP contribution in [0.25, 0.3) is 10.9 Å². The molecule has 1 unspecified atom stereocenters. The van der Waals surface area contributed by atoms with Crippen LogP contribution in [0, 0.1) is 0 Å². The van der Waals surface area contributed by atoms with Crippen LogP contribution in [0.4, 0.5) is 19.0 Å². The molecule has 3 rings (SSSR count). The lowest BCUT2D eigenvalue weighted by molar-refractivity contribution is -0.141. The number of rotatable bonds is 9. The Labute approximate surface area is 191 Å². The van der Waals surface area contributed by atoms with E-state index in [1.54, 1.807) is 14.0 Å². The maximum atomic E-state index is 13.1. The van der Waals surface area contributed by atoms with Crippen molar-refractivity contribution in [1.29, 1.82) is 0 Å². The number of hydrogen-bond acceptors (Lipinski definition) is 4. The van der Waals surface area contributed by atoms with Crippen molar-refractivity contribution in [2.45, 2.75) is 45.3 Å². The van der Waals surface area contributed by atoms with E-state index < -0.39 is 17.8 Å². The first kappa shape index (κ1) is 24.4. The number of alkyl halides is 3. The molecule has 0 spiro atoms. The van der Waals surface area contributed by atoms with E-state index >= 15 is 0 Å². The van der Waals surface area contributed by atoms with Gasteiger partial charge in [-0.05, 0) is 43.2 Å². The molecule has 0 aliphatic rings. The van der Waals surface area contributed by atoms with Gasteiger partial charge in [-0.25, -0.2) is 4.98 Å². The number of ether oxygens (including phenoxy) is 1. The van der Waals surface area contributed by atoms with Crippen LogP contribution in [0.5, 0.6) is 5.75 Å². The van der Waals surface area contributed by atoms with Crippen LogP contribution in [-0.4, -0.2) is 29.1 Å². The van der Waals surface area contributed by atoms with Gasteiger partial charge in [0.25, 0.3) is 0 Å². The third-order valence-corrected chi connectivity index (χ3v) is 5.63. The van der Waals surface area contributed by atoms with Crippen molar-refractivity contribution in [3.05, 3.63) is 53.3 Å². The number of aryl methyl sites for hydroxylation is 1. The van der Waals surface area contributed by atoms with Crippen LogP contribution >= 0.6 is 0 Å². The Balaban J connectivity index is 1.79. The Morgan fingerprint density at radius 2 is 2.00 bits per heavy atom. The second-order valence-corrected chi connectivity index (χ2v) is 8.00. The number of methoxy groups -OCH3 is 1. The van der Waals surface area contributed by atoms with Crippen molar-refractivity contribution >= 4 is 22.6 Å². The summed E-state index contributed by atoms with van der Waals surface area (Å²) in [5, 5.41) is 6.73. The van der Waals surface area contributed by atoms with E-state index in [0.717, 1.165) is 35.4 Å². The molecule has 0 aliphatic heterocycles. The van der Waals surface area contributed by atoms with E-state index in [0.29, 0.717) is 17.9 Å². The van der Waals surface area contributed by atoms with Crippen molar-refractivity contribution in [2.24, 2.45) is 7.05 Å². The van der Waals surface area contributed by atoms with Gasteiger partial charge in [0.05, 0.1) is 13.0 Å². The van der Waals surface area contributed by atoms with E-state index in [1.807, 2.05) is 42.9 Å². The number of anilines is 1. The number of amides is 1. The minimum atomic E-state index is -4.53.